The molecule has 0 spiro atoms. The van der Waals surface area contributed by atoms with Gasteiger partial charge in [-0.2, -0.15) is 0 Å². The Morgan fingerprint density at radius 1 is 1.58 bits per heavy atom. The molecule has 0 bridgehead atoms. The molecule has 1 aliphatic carbocycles. The average Bonchev–Trinajstić information content (AvgIpc) is 2.47. The predicted octanol–water partition coefficient (Wildman–Crippen LogP) is 2.09. The van der Waals surface area contributed by atoms with Crippen LogP contribution in [0.25, 0.3) is 11.1 Å². The van der Waals surface area contributed by atoms with Crippen molar-refractivity contribution in [1.82, 2.24) is 0 Å². The zero-order valence-corrected chi connectivity index (χ0v) is 5.98. The average molecular weight is 162 g/mol. The first-order chi connectivity index (χ1) is 5.79. The summed E-state index contributed by atoms with van der Waals surface area (Å²) >= 11 is 0. The van der Waals surface area contributed by atoms with E-state index in [1.165, 1.54) is 18.6 Å². The molecule has 0 saturated carbocycles. The topological polar surface area (TPSA) is 56.3 Å². The van der Waals surface area contributed by atoms with Gasteiger partial charge >= 0.3 is 0 Å². The van der Waals surface area contributed by atoms with Crippen LogP contribution in [-0.4, -0.2) is 4.92 Å². The highest BCUT2D eigenvalue weighted by molar-refractivity contribution is 5.75. The van der Waals surface area contributed by atoms with Gasteiger partial charge in [-0.1, -0.05) is 0 Å². The van der Waals surface area contributed by atoms with E-state index in [0.717, 1.165) is 0 Å². The Kier molecular flexibility index (Phi) is 1.33. The van der Waals surface area contributed by atoms with Crippen molar-refractivity contribution < 1.29 is 9.34 Å². The van der Waals surface area contributed by atoms with Crippen molar-refractivity contribution in [1.29, 1.82) is 0 Å². The summed E-state index contributed by atoms with van der Waals surface area (Å²) in [6.45, 7) is 0. The quantitative estimate of drug-likeness (QED) is 0.476. The standard InChI is InChI=1S/C8H4NO3/c10-9(11)8-2-1-6-3-4-12-5-7(6)8/h2-5H. The first-order valence-electron chi connectivity index (χ1n) is 3.30. The summed E-state index contributed by atoms with van der Waals surface area (Å²) in [7, 11) is 0. The molecule has 2 rings (SSSR count). The van der Waals surface area contributed by atoms with Gasteiger partial charge in [-0.05, 0) is 12.1 Å². The van der Waals surface area contributed by atoms with E-state index in [1.54, 1.807) is 6.07 Å². The molecule has 0 saturated heterocycles. The minimum Gasteiger partial charge on any atom is -0.472 e. The minimum atomic E-state index is -0.450. The van der Waals surface area contributed by atoms with Crippen LogP contribution in [0, 0.1) is 16.2 Å². The predicted molar refractivity (Wildman–Crippen MR) is 40.8 cm³/mol. The summed E-state index contributed by atoms with van der Waals surface area (Å²) < 4.78 is 4.82. The normalized spacial score (nSPS) is 10.3. The lowest BCUT2D eigenvalue weighted by Crippen LogP contribution is -1.86. The van der Waals surface area contributed by atoms with E-state index < -0.39 is 4.92 Å². The van der Waals surface area contributed by atoms with Crippen molar-refractivity contribution in [3.05, 3.63) is 40.8 Å². The second kappa shape index (κ2) is 2.34. The highest BCUT2D eigenvalue weighted by Gasteiger charge is 2.18. The second-order valence-corrected chi connectivity index (χ2v) is 2.32. The molecule has 1 heterocycles. The number of nitro groups is 1. The second-order valence-electron chi connectivity index (χ2n) is 2.32. The Hall–Kier alpha value is -1.84. The van der Waals surface area contributed by atoms with Gasteiger partial charge in [-0.15, -0.1) is 0 Å². The number of rotatable bonds is 1. The molecular weight excluding hydrogens is 158 g/mol. The number of fused-ring (bicyclic) bond motifs is 1. The summed E-state index contributed by atoms with van der Waals surface area (Å²) in [5.74, 6) is 0. The van der Waals surface area contributed by atoms with E-state index in [2.05, 4.69) is 6.07 Å². The molecule has 1 aliphatic heterocycles. The van der Waals surface area contributed by atoms with Gasteiger partial charge in [0.1, 0.15) is 6.26 Å². The zero-order chi connectivity index (χ0) is 8.55. The van der Waals surface area contributed by atoms with Crippen molar-refractivity contribution in [3.63, 3.8) is 0 Å². The van der Waals surface area contributed by atoms with E-state index in [-0.39, 0.29) is 5.69 Å². The highest BCUT2D eigenvalue weighted by atomic mass is 16.6. The lowest BCUT2D eigenvalue weighted by atomic mass is 10.2. The Bertz CT molecular complexity index is 393. The number of hydrogen-bond donors (Lipinski definition) is 0. The summed E-state index contributed by atoms with van der Waals surface area (Å²) in [6, 6.07) is 5.76. The Labute approximate surface area is 67.9 Å². The molecule has 1 radical (unpaired) electrons. The van der Waals surface area contributed by atoms with Gasteiger partial charge in [0.15, 0.2) is 0 Å². The molecule has 0 atom stereocenters. The van der Waals surface area contributed by atoms with Gasteiger partial charge in [-0.3, -0.25) is 10.1 Å². The molecule has 0 N–H and O–H groups in total. The Morgan fingerprint density at radius 3 is 3.17 bits per heavy atom. The summed E-state index contributed by atoms with van der Waals surface area (Å²) in [5.41, 5.74) is 1.23. The molecule has 4 heteroatoms. The van der Waals surface area contributed by atoms with Crippen LogP contribution in [0.5, 0.6) is 0 Å². The van der Waals surface area contributed by atoms with Gasteiger partial charge in [0.25, 0.3) is 5.69 Å². The largest absolute Gasteiger partial charge is 0.472 e. The third-order valence-electron chi connectivity index (χ3n) is 1.63. The molecule has 0 unspecified atom stereocenters. The van der Waals surface area contributed by atoms with Gasteiger partial charge < -0.3 is 4.42 Å². The van der Waals surface area contributed by atoms with Crippen molar-refractivity contribution in [2.24, 2.45) is 0 Å². The van der Waals surface area contributed by atoms with Gasteiger partial charge in [-0.25, -0.2) is 0 Å². The first-order valence-corrected chi connectivity index (χ1v) is 3.30. The lowest BCUT2D eigenvalue weighted by molar-refractivity contribution is -0.383. The van der Waals surface area contributed by atoms with Crippen molar-refractivity contribution in [3.8, 4) is 11.1 Å². The summed E-state index contributed by atoms with van der Waals surface area (Å²) in [4.78, 5) is 9.97. The van der Waals surface area contributed by atoms with E-state index in [1.807, 2.05) is 0 Å². The minimum absolute atomic E-state index is 0.0364. The fourth-order valence-corrected chi connectivity index (χ4v) is 1.07. The van der Waals surface area contributed by atoms with Crippen LogP contribution in [0.2, 0.25) is 0 Å². The fourth-order valence-electron chi connectivity index (χ4n) is 1.07. The summed E-state index contributed by atoms with van der Waals surface area (Å²) in [6.07, 6.45) is 2.81. The number of nitrogens with zero attached hydrogens (tertiary/aromatic N) is 1. The van der Waals surface area contributed by atoms with Crippen molar-refractivity contribution >= 4 is 5.69 Å². The third kappa shape index (κ3) is 0.852. The van der Waals surface area contributed by atoms with E-state index in [4.69, 9.17) is 4.42 Å². The molecule has 0 amide bonds. The molecule has 12 heavy (non-hydrogen) atoms. The molecule has 0 fully saturated rings. The molecule has 59 valence electrons. The van der Waals surface area contributed by atoms with Crippen molar-refractivity contribution in [2.45, 2.75) is 0 Å². The van der Waals surface area contributed by atoms with Crippen LogP contribution in [0.1, 0.15) is 0 Å². The van der Waals surface area contributed by atoms with Crippen molar-refractivity contribution in [2.75, 3.05) is 0 Å². The zero-order valence-electron chi connectivity index (χ0n) is 5.98. The van der Waals surface area contributed by atoms with E-state index in [0.29, 0.717) is 11.1 Å². The van der Waals surface area contributed by atoms with Crippen LogP contribution >= 0.6 is 0 Å². The maximum atomic E-state index is 10.4. The maximum absolute atomic E-state index is 10.4. The highest BCUT2D eigenvalue weighted by Crippen LogP contribution is 2.32. The smallest absolute Gasteiger partial charge is 0.280 e. The van der Waals surface area contributed by atoms with Gasteiger partial charge in [0, 0.05) is 11.6 Å². The number of hydrogen-bond acceptors (Lipinski definition) is 3. The van der Waals surface area contributed by atoms with Crippen LogP contribution in [0.3, 0.4) is 0 Å². The van der Waals surface area contributed by atoms with Gasteiger partial charge in [0.2, 0.25) is 0 Å². The van der Waals surface area contributed by atoms with Crippen LogP contribution in [0.15, 0.2) is 29.1 Å². The third-order valence-corrected chi connectivity index (χ3v) is 1.63. The van der Waals surface area contributed by atoms with E-state index >= 15 is 0 Å². The van der Waals surface area contributed by atoms with Crippen LogP contribution in [-0.2, 0) is 0 Å². The van der Waals surface area contributed by atoms with Gasteiger partial charge in [0.05, 0.1) is 16.7 Å². The molecule has 0 aromatic carbocycles. The molecule has 4 nitrogen and oxygen atoms in total. The Morgan fingerprint density at radius 2 is 2.42 bits per heavy atom. The van der Waals surface area contributed by atoms with Crippen LogP contribution in [0.4, 0.5) is 5.69 Å². The monoisotopic (exact) mass is 162 g/mol. The van der Waals surface area contributed by atoms with E-state index in [9.17, 15) is 10.1 Å². The first kappa shape index (κ1) is 6.84. The molecular formula is C8H4NO3. The maximum Gasteiger partial charge on any atom is 0.280 e. The Balaban J connectivity index is 2.67. The molecule has 0 aromatic heterocycles. The van der Waals surface area contributed by atoms with Crippen LogP contribution < -0.4 is 0 Å². The lowest BCUT2D eigenvalue weighted by Gasteiger charge is -1.93. The summed E-state index contributed by atoms with van der Waals surface area (Å²) in [5, 5.41) is 10.4. The fraction of sp³-hybridized carbons (Fsp3) is 0. The molecule has 0 aromatic rings. The SMILES string of the molecule is O=[N+]([O-])c1c[c]c2ccocc1-2. The molecule has 2 aliphatic rings.